The van der Waals surface area contributed by atoms with Gasteiger partial charge < -0.3 is 9.26 Å². The van der Waals surface area contributed by atoms with Gasteiger partial charge >= 0.3 is 6.43 Å². The molecule has 0 aliphatic rings. The van der Waals surface area contributed by atoms with Gasteiger partial charge in [0.1, 0.15) is 11.4 Å². The highest BCUT2D eigenvalue weighted by Crippen LogP contribution is 2.30. The van der Waals surface area contributed by atoms with Crippen molar-refractivity contribution in [1.82, 2.24) is 20.3 Å². The van der Waals surface area contributed by atoms with Gasteiger partial charge in [0, 0.05) is 12.5 Å². The smallest absolute Gasteiger partial charge is 0.315 e. The van der Waals surface area contributed by atoms with E-state index in [1.54, 1.807) is 12.1 Å². The summed E-state index contributed by atoms with van der Waals surface area (Å²) in [6.07, 6.45) is -1.42. The van der Waals surface area contributed by atoms with E-state index in [4.69, 9.17) is 4.74 Å². The number of alkyl halides is 2. The normalized spacial score (nSPS) is 11.1. The lowest BCUT2D eigenvalue weighted by molar-refractivity contribution is 0.101. The Balaban J connectivity index is 1.59. The van der Waals surface area contributed by atoms with Gasteiger partial charge in [0.2, 0.25) is 5.82 Å². The van der Waals surface area contributed by atoms with E-state index >= 15 is 0 Å². The molecule has 1 aromatic carbocycles. The van der Waals surface area contributed by atoms with Crippen LogP contribution in [0.3, 0.4) is 0 Å². The lowest BCUT2D eigenvalue weighted by atomic mass is 10.0. The van der Waals surface area contributed by atoms with E-state index < -0.39 is 12.3 Å². The van der Waals surface area contributed by atoms with Crippen LogP contribution in [0, 0.1) is 13.8 Å². The molecule has 2 heterocycles. The number of aromatic nitrogens is 4. The molecular weight excluding hydrogens is 382 g/mol. The van der Waals surface area contributed by atoms with E-state index in [0.29, 0.717) is 30.0 Å². The van der Waals surface area contributed by atoms with Crippen molar-refractivity contribution >= 4 is 5.78 Å². The summed E-state index contributed by atoms with van der Waals surface area (Å²) in [6.45, 7) is 5.58. The predicted molar refractivity (Wildman–Crippen MR) is 100 cm³/mol. The molecule has 3 aromatic rings. The molecule has 0 unspecified atom stereocenters. The largest absolute Gasteiger partial charge is 0.494 e. The summed E-state index contributed by atoms with van der Waals surface area (Å²) in [6, 6.07) is 7.06. The molecular formula is C20H20F2N4O3. The van der Waals surface area contributed by atoms with Crippen LogP contribution in [0.25, 0.3) is 11.4 Å². The van der Waals surface area contributed by atoms with Crippen LogP contribution in [0.1, 0.15) is 53.0 Å². The topological polar surface area (TPSA) is 91.0 Å². The number of ketones is 1. The predicted octanol–water partition coefficient (Wildman–Crippen LogP) is 4.30. The van der Waals surface area contributed by atoms with Crippen LogP contribution in [-0.4, -0.2) is 32.7 Å². The molecule has 2 aromatic heterocycles. The second-order valence-electron chi connectivity index (χ2n) is 6.61. The first-order valence-corrected chi connectivity index (χ1v) is 9.05. The summed E-state index contributed by atoms with van der Waals surface area (Å²) in [5, 5.41) is 11.6. The Morgan fingerprint density at radius 3 is 2.45 bits per heavy atom. The van der Waals surface area contributed by atoms with Crippen LogP contribution < -0.4 is 4.74 Å². The molecule has 152 valence electrons. The maximum atomic E-state index is 12.7. The molecule has 0 atom stereocenters. The minimum absolute atomic E-state index is 0.118. The van der Waals surface area contributed by atoms with Crippen LogP contribution in [-0.2, 0) is 6.42 Å². The molecule has 0 N–H and O–H groups in total. The van der Waals surface area contributed by atoms with Crippen molar-refractivity contribution < 1.29 is 22.8 Å². The van der Waals surface area contributed by atoms with Crippen LogP contribution >= 0.6 is 0 Å². The van der Waals surface area contributed by atoms with Gasteiger partial charge in [-0.1, -0.05) is 5.16 Å². The summed E-state index contributed by atoms with van der Waals surface area (Å²) in [7, 11) is 0. The van der Waals surface area contributed by atoms with Gasteiger partial charge in [-0.25, -0.2) is 0 Å². The number of carbonyl (C=O) groups is 1. The van der Waals surface area contributed by atoms with Crippen LogP contribution in [0.15, 0.2) is 28.8 Å². The standard InChI is InChI=1S/C20H20F2N4O3/c1-11-9-15(10-12(2)17(11)19-23-20(18(21)22)29-26-19)28-8-4-5-14-6-7-16(13(3)27)25-24-14/h6-7,9-10,18H,4-5,8H2,1-3H3. The molecule has 3 rings (SSSR count). The average molecular weight is 402 g/mol. The molecule has 0 saturated heterocycles. The molecule has 0 bridgehead atoms. The van der Waals surface area contributed by atoms with Crippen molar-refractivity contribution in [2.45, 2.75) is 40.0 Å². The van der Waals surface area contributed by atoms with E-state index in [2.05, 4.69) is 24.9 Å². The van der Waals surface area contributed by atoms with Gasteiger partial charge in [-0.2, -0.15) is 18.9 Å². The number of benzene rings is 1. The Kier molecular flexibility index (Phi) is 6.26. The Labute approximate surface area is 166 Å². The summed E-state index contributed by atoms with van der Waals surface area (Å²) >= 11 is 0. The first-order valence-electron chi connectivity index (χ1n) is 9.05. The minimum Gasteiger partial charge on any atom is -0.494 e. The molecule has 0 aliphatic carbocycles. The third kappa shape index (κ3) is 4.98. The number of halogens is 2. The second kappa shape index (κ2) is 8.85. The zero-order valence-corrected chi connectivity index (χ0v) is 16.3. The highest BCUT2D eigenvalue weighted by atomic mass is 19.3. The average Bonchev–Trinajstić information content (AvgIpc) is 3.15. The zero-order chi connectivity index (χ0) is 21.0. The van der Waals surface area contributed by atoms with Crippen molar-refractivity contribution in [3.05, 3.63) is 52.7 Å². The first kappa shape index (κ1) is 20.5. The second-order valence-corrected chi connectivity index (χ2v) is 6.61. The number of rotatable bonds is 8. The number of hydrogen-bond donors (Lipinski definition) is 0. The quantitative estimate of drug-likeness (QED) is 0.410. The van der Waals surface area contributed by atoms with E-state index in [1.165, 1.54) is 6.92 Å². The fourth-order valence-corrected chi connectivity index (χ4v) is 2.91. The van der Waals surface area contributed by atoms with E-state index in [9.17, 15) is 13.6 Å². The molecule has 0 spiro atoms. The summed E-state index contributed by atoms with van der Waals surface area (Å²) in [4.78, 5) is 15.0. The number of Topliss-reactive ketones (excluding diaryl/α,β-unsaturated/α-hetero) is 1. The number of aryl methyl sites for hydroxylation is 3. The van der Waals surface area contributed by atoms with Crippen molar-refractivity contribution in [1.29, 1.82) is 0 Å². The van der Waals surface area contributed by atoms with Gasteiger partial charge in [-0.3, -0.25) is 4.79 Å². The number of hydrogen-bond acceptors (Lipinski definition) is 7. The fourth-order valence-electron chi connectivity index (χ4n) is 2.91. The van der Waals surface area contributed by atoms with Crippen molar-refractivity contribution in [2.75, 3.05) is 6.61 Å². The summed E-state index contributed by atoms with van der Waals surface area (Å²) < 4.78 is 35.7. The Bertz CT molecular complexity index is 980. The minimum atomic E-state index is -2.80. The van der Waals surface area contributed by atoms with Gasteiger partial charge in [-0.15, -0.1) is 5.10 Å². The summed E-state index contributed by atoms with van der Waals surface area (Å²) in [5.41, 5.74) is 3.38. The lowest BCUT2D eigenvalue weighted by Gasteiger charge is -2.11. The van der Waals surface area contributed by atoms with Gasteiger partial charge in [-0.05, 0) is 62.1 Å². The van der Waals surface area contributed by atoms with Crippen LogP contribution in [0.5, 0.6) is 5.75 Å². The summed E-state index contributed by atoms with van der Waals surface area (Å²) in [5.74, 6) is -0.0137. The van der Waals surface area contributed by atoms with Crippen molar-refractivity contribution in [3.8, 4) is 17.1 Å². The molecule has 0 fully saturated rings. The maximum absolute atomic E-state index is 12.7. The molecule has 9 heteroatoms. The van der Waals surface area contributed by atoms with Crippen molar-refractivity contribution in [2.24, 2.45) is 0 Å². The molecule has 29 heavy (non-hydrogen) atoms. The number of carbonyl (C=O) groups excluding carboxylic acids is 1. The zero-order valence-electron chi connectivity index (χ0n) is 16.3. The molecule has 0 aliphatic heterocycles. The van der Waals surface area contributed by atoms with Gasteiger partial charge in [0.25, 0.3) is 5.89 Å². The van der Waals surface area contributed by atoms with E-state index in [1.807, 2.05) is 26.0 Å². The van der Waals surface area contributed by atoms with E-state index in [0.717, 1.165) is 23.2 Å². The van der Waals surface area contributed by atoms with Gasteiger partial charge in [0.05, 0.1) is 12.3 Å². The Hall–Kier alpha value is -3.23. The molecule has 0 radical (unpaired) electrons. The monoisotopic (exact) mass is 402 g/mol. The molecule has 0 saturated carbocycles. The fraction of sp³-hybridized carbons (Fsp3) is 0.350. The Morgan fingerprint density at radius 1 is 1.17 bits per heavy atom. The van der Waals surface area contributed by atoms with Gasteiger partial charge in [0.15, 0.2) is 5.78 Å². The molecule has 0 amide bonds. The Morgan fingerprint density at radius 2 is 1.90 bits per heavy atom. The number of ether oxygens (including phenoxy) is 1. The lowest BCUT2D eigenvalue weighted by Crippen LogP contribution is -2.04. The first-order chi connectivity index (χ1) is 13.8. The van der Waals surface area contributed by atoms with Crippen LogP contribution in [0.2, 0.25) is 0 Å². The highest BCUT2D eigenvalue weighted by Gasteiger charge is 2.20. The SMILES string of the molecule is CC(=O)c1ccc(CCCOc2cc(C)c(-c3noc(C(F)F)n3)c(C)c2)nn1. The third-order valence-corrected chi connectivity index (χ3v) is 4.28. The highest BCUT2D eigenvalue weighted by molar-refractivity contribution is 5.91. The third-order valence-electron chi connectivity index (χ3n) is 4.28. The van der Waals surface area contributed by atoms with Crippen molar-refractivity contribution in [3.63, 3.8) is 0 Å². The number of nitrogens with zero attached hydrogens (tertiary/aromatic N) is 4. The maximum Gasteiger partial charge on any atom is 0.315 e. The van der Waals surface area contributed by atoms with Crippen LogP contribution in [0.4, 0.5) is 8.78 Å². The van der Waals surface area contributed by atoms with E-state index in [-0.39, 0.29) is 11.6 Å². The molecule has 7 nitrogen and oxygen atoms in total.